The first-order valence-electron chi connectivity index (χ1n) is 10.8. The Labute approximate surface area is 171 Å². The van der Waals surface area contributed by atoms with Gasteiger partial charge in [0.05, 0.1) is 23.7 Å². The highest BCUT2D eigenvalue weighted by Gasteiger charge is 2.35. The number of carbonyl (C=O) groups excluding carboxylic acids is 1. The number of likely N-dealkylation sites (tertiary alicyclic amines) is 2. The van der Waals surface area contributed by atoms with Gasteiger partial charge in [-0.15, -0.1) is 0 Å². The van der Waals surface area contributed by atoms with E-state index in [2.05, 4.69) is 16.8 Å². The summed E-state index contributed by atoms with van der Waals surface area (Å²) in [4.78, 5) is 31.9. The van der Waals surface area contributed by atoms with Crippen LogP contribution in [-0.4, -0.2) is 64.8 Å². The van der Waals surface area contributed by atoms with Crippen LogP contribution in [0.1, 0.15) is 45.6 Å². The second kappa shape index (κ2) is 8.22. The lowest BCUT2D eigenvalue weighted by atomic mass is 9.79. The fourth-order valence-corrected chi connectivity index (χ4v) is 4.96. The Morgan fingerprint density at radius 3 is 2.76 bits per heavy atom. The molecule has 4 rings (SSSR count). The van der Waals surface area contributed by atoms with Gasteiger partial charge in [-0.1, -0.05) is 19.1 Å². The van der Waals surface area contributed by atoms with Gasteiger partial charge in [-0.2, -0.15) is 0 Å². The van der Waals surface area contributed by atoms with Crippen molar-refractivity contribution >= 4 is 17.1 Å². The number of H-pyrrole nitrogens is 1. The van der Waals surface area contributed by atoms with Gasteiger partial charge in [0, 0.05) is 26.2 Å². The molecule has 2 aromatic rings. The van der Waals surface area contributed by atoms with Crippen LogP contribution in [0.5, 0.6) is 0 Å². The predicted octanol–water partition coefficient (Wildman–Crippen LogP) is 3.23. The lowest BCUT2D eigenvalue weighted by molar-refractivity contribution is 0.0466. The minimum absolute atomic E-state index is 0.00740. The molecule has 0 saturated carbocycles. The summed E-state index contributed by atoms with van der Waals surface area (Å²) >= 11 is 0. The SMILES string of the molecule is CCOC(=O)N1CCC(C)(CN2CCC[C@@H](n3c(=O)[nH]c4ccccc43)C2)CC1. The molecule has 7 nitrogen and oxygen atoms in total. The molecule has 2 aliphatic heterocycles. The highest BCUT2D eigenvalue weighted by Crippen LogP contribution is 2.34. The Hall–Kier alpha value is -2.28. The lowest BCUT2D eigenvalue weighted by Crippen LogP contribution is -2.49. The number of benzene rings is 1. The van der Waals surface area contributed by atoms with Crippen molar-refractivity contribution in [1.82, 2.24) is 19.4 Å². The fraction of sp³-hybridized carbons (Fsp3) is 0.636. The van der Waals surface area contributed by atoms with Crippen LogP contribution in [0.4, 0.5) is 4.79 Å². The number of aromatic nitrogens is 2. The number of carbonyl (C=O) groups is 1. The summed E-state index contributed by atoms with van der Waals surface area (Å²) in [6, 6.07) is 8.14. The number of hydrogen-bond acceptors (Lipinski definition) is 4. The highest BCUT2D eigenvalue weighted by molar-refractivity contribution is 5.75. The van der Waals surface area contributed by atoms with Gasteiger partial charge in [0.15, 0.2) is 0 Å². The Morgan fingerprint density at radius 2 is 2.00 bits per heavy atom. The van der Waals surface area contributed by atoms with Crippen molar-refractivity contribution in [1.29, 1.82) is 0 Å². The molecule has 1 atom stereocenters. The van der Waals surface area contributed by atoms with E-state index in [1.807, 2.05) is 40.7 Å². The Morgan fingerprint density at radius 1 is 1.24 bits per heavy atom. The van der Waals surface area contributed by atoms with Crippen LogP contribution in [0, 0.1) is 5.41 Å². The highest BCUT2D eigenvalue weighted by atomic mass is 16.6. The zero-order valence-corrected chi connectivity index (χ0v) is 17.5. The summed E-state index contributed by atoms with van der Waals surface area (Å²) in [5.41, 5.74) is 2.09. The van der Waals surface area contributed by atoms with Crippen molar-refractivity contribution in [2.45, 2.75) is 45.6 Å². The van der Waals surface area contributed by atoms with Crippen LogP contribution in [0.2, 0.25) is 0 Å². The van der Waals surface area contributed by atoms with Gasteiger partial charge < -0.3 is 19.5 Å². The van der Waals surface area contributed by atoms with Gasteiger partial charge in [-0.3, -0.25) is 4.57 Å². The van der Waals surface area contributed by atoms with E-state index < -0.39 is 0 Å². The molecule has 0 aliphatic carbocycles. The molecule has 158 valence electrons. The third-order valence-corrected chi connectivity index (χ3v) is 6.57. The van der Waals surface area contributed by atoms with Crippen molar-refractivity contribution in [3.05, 3.63) is 34.7 Å². The quantitative estimate of drug-likeness (QED) is 0.855. The zero-order valence-electron chi connectivity index (χ0n) is 17.5. The molecule has 2 saturated heterocycles. The number of nitrogens with zero attached hydrogens (tertiary/aromatic N) is 3. The molecule has 0 unspecified atom stereocenters. The third-order valence-electron chi connectivity index (χ3n) is 6.57. The standard InChI is InChI=1S/C22H32N4O3/c1-3-29-21(28)25-13-10-22(2,11-14-25)16-24-12-6-7-17(15-24)26-19-9-5-4-8-18(19)23-20(26)27/h4-5,8-9,17H,3,6-7,10-16H2,1-2H3,(H,23,27)/t17-/m1/s1. The van der Waals surface area contributed by atoms with Crippen LogP contribution in [0.25, 0.3) is 11.0 Å². The summed E-state index contributed by atoms with van der Waals surface area (Å²) in [5.74, 6) is 0. The number of nitrogens with one attached hydrogen (secondary N) is 1. The molecule has 2 aliphatic rings. The van der Waals surface area contributed by atoms with Crippen LogP contribution in [-0.2, 0) is 4.74 Å². The molecule has 1 N–H and O–H groups in total. The number of hydrogen-bond donors (Lipinski definition) is 1. The van der Waals surface area contributed by atoms with Crippen LogP contribution in [0.15, 0.2) is 29.1 Å². The molecule has 0 radical (unpaired) electrons. The molecule has 1 aromatic carbocycles. The molecular weight excluding hydrogens is 368 g/mol. The molecule has 7 heteroatoms. The van der Waals surface area contributed by atoms with Gasteiger partial charge in [0.25, 0.3) is 0 Å². The zero-order chi connectivity index (χ0) is 20.4. The van der Waals surface area contributed by atoms with Gasteiger partial charge in [-0.25, -0.2) is 9.59 Å². The number of amides is 1. The minimum Gasteiger partial charge on any atom is -0.450 e. The van der Waals surface area contributed by atoms with Crippen molar-refractivity contribution in [2.24, 2.45) is 5.41 Å². The predicted molar refractivity (Wildman–Crippen MR) is 113 cm³/mol. The van der Waals surface area contributed by atoms with Crippen molar-refractivity contribution in [3.63, 3.8) is 0 Å². The summed E-state index contributed by atoms with van der Waals surface area (Å²) in [6.07, 6.45) is 3.92. The monoisotopic (exact) mass is 400 g/mol. The maximum Gasteiger partial charge on any atom is 0.409 e. The van der Waals surface area contributed by atoms with E-state index >= 15 is 0 Å². The van der Waals surface area contributed by atoms with Gasteiger partial charge in [-0.05, 0) is 56.7 Å². The molecule has 2 fully saturated rings. The maximum atomic E-state index is 12.6. The fourth-order valence-electron chi connectivity index (χ4n) is 4.96. The summed E-state index contributed by atoms with van der Waals surface area (Å²) in [5, 5.41) is 0. The van der Waals surface area contributed by atoms with E-state index in [1.54, 1.807) is 0 Å². The van der Waals surface area contributed by atoms with Crippen LogP contribution in [0.3, 0.4) is 0 Å². The molecule has 29 heavy (non-hydrogen) atoms. The van der Waals surface area contributed by atoms with E-state index in [9.17, 15) is 9.59 Å². The van der Waals surface area contributed by atoms with E-state index in [-0.39, 0.29) is 23.2 Å². The number of ether oxygens (including phenoxy) is 1. The summed E-state index contributed by atoms with van der Waals surface area (Å²) < 4.78 is 7.09. The summed E-state index contributed by atoms with van der Waals surface area (Å²) in [7, 11) is 0. The number of fused-ring (bicyclic) bond motifs is 1. The normalized spacial score (nSPS) is 22.7. The van der Waals surface area contributed by atoms with Crippen LogP contribution >= 0.6 is 0 Å². The molecule has 1 amide bonds. The molecule has 0 bridgehead atoms. The van der Waals surface area contributed by atoms with E-state index in [0.717, 1.165) is 69.4 Å². The largest absolute Gasteiger partial charge is 0.450 e. The number of rotatable bonds is 4. The average Bonchev–Trinajstić information content (AvgIpc) is 3.04. The molecule has 0 spiro atoms. The van der Waals surface area contributed by atoms with E-state index in [4.69, 9.17) is 4.74 Å². The minimum atomic E-state index is -0.189. The van der Waals surface area contributed by atoms with Gasteiger partial charge in [0.2, 0.25) is 0 Å². The Kier molecular flexibility index (Phi) is 5.67. The van der Waals surface area contributed by atoms with Crippen molar-refractivity contribution in [3.8, 4) is 0 Å². The molecule has 1 aromatic heterocycles. The smallest absolute Gasteiger partial charge is 0.409 e. The third kappa shape index (κ3) is 4.20. The van der Waals surface area contributed by atoms with Crippen molar-refractivity contribution < 1.29 is 9.53 Å². The number of para-hydroxylation sites is 2. The Balaban J connectivity index is 1.41. The second-order valence-electron chi connectivity index (χ2n) is 8.85. The second-order valence-corrected chi connectivity index (χ2v) is 8.85. The molecular formula is C22H32N4O3. The van der Waals surface area contributed by atoms with E-state index in [0.29, 0.717) is 6.61 Å². The first-order valence-corrected chi connectivity index (χ1v) is 10.8. The average molecular weight is 401 g/mol. The van der Waals surface area contributed by atoms with Crippen LogP contribution < -0.4 is 5.69 Å². The lowest BCUT2D eigenvalue weighted by Gasteiger charge is -2.44. The number of imidazole rings is 1. The number of piperidine rings is 2. The van der Waals surface area contributed by atoms with E-state index in [1.165, 1.54) is 0 Å². The topological polar surface area (TPSA) is 70.6 Å². The van der Waals surface area contributed by atoms with Gasteiger partial charge >= 0.3 is 11.8 Å². The summed E-state index contributed by atoms with van der Waals surface area (Å²) in [6.45, 7) is 9.10. The van der Waals surface area contributed by atoms with Crippen molar-refractivity contribution in [2.75, 3.05) is 39.3 Å². The van der Waals surface area contributed by atoms with Gasteiger partial charge in [0.1, 0.15) is 0 Å². The molecule has 3 heterocycles. The first-order chi connectivity index (χ1) is 14.0. The first kappa shape index (κ1) is 20.0. The number of aromatic amines is 1. The maximum absolute atomic E-state index is 12.6. The Bertz CT molecular complexity index is 910.